The number of carboxylic acids is 1. The molecule has 1 aromatic heterocycles. The molecule has 0 saturated carbocycles. The fraction of sp³-hybridized carbons (Fsp3) is 0.333. The minimum absolute atomic E-state index is 0.0195. The van der Waals surface area contributed by atoms with E-state index in [1.807, 2.05) is 11.8 Å². The lowest BCUT2D eigenvalue weighted by Gasteiger charge is -2.31. The van der Waals surface area contributed by atoms with Crippen LogP contribution in [0.15, 0.2) is 45.6 Å². The second-order valence-corrected chi connectivity index (χ2v) is 8.19. The average molecular weight is 458 g/mol. The van der Waals surface area contributed by atoms with Gasteiger partial charge in [0.15, 0.2) is 11.3 Å². The fourth-order valence-electron chi connectivity index (χ4n) is 3.98. The summed E-state index contributed by atoms with van der Waals surface area (Å²) in [5.41, 5.74) is 0.803. The number of halogens is 2. The number of rotatable bonds is 6. The first-order valence-electron chi connectivity index (χ1n) is 10.6. The van der Waals surface area contributed by atoms with Crippen LogP contribution in [0.3, 0.4) is 0 Å². The molecule has 1 aliphatic rings. The number of nitrogens with zero attached hydrogens (tertiary/aromatic N) is 2. The minimum atomic E-state index is -1.16. The van der Waals surface area contributed by atoms with Crippen molar-refractivity contribution in [2.75, 3.05) is 43.1 Å². The molecule has 33 heavy (non-hydrogen) atoms. The van der Waals surface area contributed by atoms with Crippen LogP contribution in [0.25, 0.3) is 11.0 Å². The van der Waals surface area contributed by atoms with Crippen molar-refractivity contribution in [2.24, 2.45) is 0 Å². The van der Waals surface area contributed by atoms with E-state index in [-0.39, 0.29) is 28.9 Å². The summed E-state index contributed by atoms with van der Waals surface area (Å²) in [5, 5.41) is 9.69. The summed E-state index contributed by atoms with van der Waals surface area (Å²) in [6.45, 7) is 3.87. The van der Waals surface area contributed by atoms with Crippen LogP contribution < -0.4 is 15.2 Å². The second-order valence-electron chi connectivity index (χ2n) is 8.19. The van der Waals surface area contributed by atoms with Crippen LogP contribution in [0.1, 0.15) is 22.8 Å². The van der Waals surface area contributed by atoms with Crippen LogP contribution in [0.2, 0.25) is 0 Å². The molecular formula is C24H24F2N2O5. The van der Waals surface area contributed by atoms with E-state index in [0.29, 0.717) is 49.0 Å². The first kappa shape index (κ1) is 22.7. The standard InChI is InChI=1S/C24H24F2N2O5/c1-14-13-28(5-6-32-14)22-12-21(29)20-8-16(24(30)31)7-15(23(20)33-22)3-4-27(2)19-10-17(25)9-18(26)11-19/h7-12,14H,3-6,13H2,1-2H3,(H,30,31)/t14-/m1/s1. The van der Waals surface area contributed by atoms with Crippen molar-refractivity contribution in [2.45, 2.75) is 19.4 Å². The van der Waals surface area contributed by atoms with Gasteiger partial charge in [-0.05, 0) is 43.2 Å². The van der Waals surface area contributed by atoms with Gasteiger partial charge in [0.1, 0.15) is 17.2 Å². The summed E-state index contributed by atoms with van der Waals surface area (Å²) >= 11 is 0. The largest absolute Gasteiger partial charge is 0.478 e. The molecule has 0 bridgehead atoms. The molecule has 9 heteroatoms. The van der Waals surface area contributed by atoms with Gasteiger partial charge < -0.3 is 24.1 Å². The highest BCUT2D eigenvalue weighted by atomic mass is 19.1. The Kier molecular flexibility index (Phi) is 6.33. The average Bonchev–Trinajstić information content (AvgIpc) is 2.76. The van der Waals surface area contributed by atoms with E-state index in [0.717, 1.165) is 6.07 Å². The number of ether oxygens (including phenoxy) is 1. The molecule has 1 fully saturated rings. The molecule has 1 saturated heterocycles. The van der Waals surface area contributed by atoms with E-state index < -0.39 is 17.6 Å². The minimum Gasteiger partial charge on any atom is -0.478 e. The maximum atomic E-state index is 13.6. The van der Waals surface area contributed by atoms with Gasteiger partial charge in [0.2, 0.25) is 0 Å². The number of carbonyl (C=O) groups is 1. The molecular weight excluding hydrogens is 434 g/mol. The van der Waals surface area contributed by atoms with Crippen LogP contribution in [0.5, 0.6) is 0 Å². The molecule has 1 N–H and O–H groups in total. The van der Waals surface area contributed by atoms with Crippen molar-refractivity contribution in [1.82, 2.24) is 0 Å². The predicted octanol–water partition coefficient (Wildman–Crippen LogP) is 3.67. The van der Waals surface area contributed by atoms with Gasteiger partial charge in [-0.1, -0.05) is 0 Å². The normalized spacial score (nSPS) is 16.2. The highest BCUT2D eigenvalue weighted by Crippen LogP contribution is 2.26. The topological polar surface area (TPSA) is 83.2 Å². The SMILES string of the molecule is C[C@@H]1CN(c2cc(=O)c3cc(C(=O)O)cc(CCN(C)c4cc(F)cc(F)c4)c3o2)CCO1. The lowest BCUT2D eigenvalue weighted by atomic mass is 10.0. The maximum Gasteiger partial charge on any atom is 0.335 e. The molecule has 0 aliphatic carbocycles. The third-order valence-corrected chi connectivity index (χ3v) is 5.70. The molecule has 0 unspecified atom stereocenters. The number of benzene rings is 2. The lowest BCUT2D eigenvalue weighted by molar-refractivity contribution is 0.0517. The number of morpholine rings is 1. The van der Waals surface area contributed by atoms with E-state index in [1.54, 1.807) is 11.9 Å². The van der Waals surface area contributed by atoms with E-state index in [9.17, 15) is 23.5 Å². The van der Waals surface area contributed by atoms with Gasteiger partial charge in [-0.3, -0.25) is 4.79 Å². The Labute approximate surface area is 188 Å². The Morgan fingerprint density at radius 1 is 1.18 bits per heavy atom. The number of hydrogen-bond acceptors (Lipinski definition) is 6. The molecule has 0 amide bonds. The Balaban J connectivity index is 1.71. The van der Waals surface area contributed by atoms with E-state index in [2.05, 4.69) is 0 Å². The first-order valence-corrected chi connectivity index (χ1v) is 10.6. The van der Waals surface area contributed by atoms with E-state index >= 15 is 0 Å². The quantitative estimate of drug-likeness (QED) is 0.603. The van der Waals surface area contributed by atoms with Crippen LogP contribution in [0.4, 0.5) is 20.4 Å². The van der Waals surface area contributed by atoms with Gasteiger partial charge in [0, 0.05) is 44.5 Å². The number of hydrogen-bond donors (Lipinski definition) is 1. The van der Waals surface area contributed by atoms with Crippen molar-refractivity contribution in [3.63, 3.8) is 0 Å². The van der Waals surface area contributed by atoms with Crippen molar-refractivity contribution < 1.29 is 27.8 Å². The summed E-state index contributed by atoms with van der Waals surface area (Å²) in [6, 6.07) is 7.38. The molecule has 174 valence electrons. The number of likely N-dealkylation sites (N-methyl/N-ethyl adjacent to an activating group) is 1. The highest BCUT2D eigenvalue weighted by Gasteiger charge is 2.22. The third-order valence-electron chi connectivity index (χ3n) is 5.70. The fourth-order valence-corrected chi connectivity index (χ4v) is 3.98. The smallest absolute Gasteiger partial charge is 0.335 e. The summed E-state index contributed by atoms with van der Waals surface area (Å²) in [4.78, 5) is 28.1. The molecule has 2 heterocycles. The maximum absolute atomic E-state index is 13.6. The number of fused-ring (bicyclic) bond motifs is 1. The predicted molar refractivity (Wildman–Crippen MR) is 120 cm³/mol. The van der Waals surface area contributed by atoms with Gasteiger partial charge >= 0.3 is 5.97 Å². The first-order chi connectivity index (χ1) is 15.7. The zero-order chi connectivity index (χ0) is 23.7. The summed E-state index contributed by atoms with van der Waals surface area (Å²) < 4.78 is 38.9. The van der Waals surface area contributed by atoms with Gasteiger partial charge in [0.05, 0.1) is 23.7 Å². The zero-order valence-corrected chi connectivity index (χ0v) is 18.3. The number of anilines is 2. The highest BCUT2D eigenvalue weighted by molar-refractivity contribution is 5.94. The summed E-state index contributed by atoms with van der Waals surface area (Å²) in [6.07, 6.45) is 0.270. The van der Waals surface area contributed by atoms with Crippen molar-refractivity contribution in [1.29, 1.82) is 0 Å². The Hall–Kier alpha value is -3.46. The molecule has 0 radical (unpaired) electrons. The molecule has 1 aliphatic heterocycles. The van der Waals surface area contributed by atoms with Crippen LogP contribution in [-0.4, -0.2) is 50.5 Å². The monoisotopic (exact) mass is 458 g/mol. The van der Waals surface area contributed by atoms with Crippen molar-refractivity contribution >= 4 is 28.5 Å². The van der Waals surface area contributed by atoms with E-state index in [4.69, 9.17) is 9.15 Å². The Bertz CT molecular complexity index is 1240. The summed E-state index contributed by atoms with van der Waals surface area (Å²) in [7, 11) is 1.67. The van der Waals surface area contributed by atoms with Crippen LogP contribution in [0, 0.1) is 11.6 Å². The van der Waals surface area contributed by atoms with Crippen LogP contribution >= 0.6 is 0 Å². The number of carboxylic acid groups (broad SMARTS) is 1. The molecule has 3 aromatic rings. The van der Waals surface area contributed by atoms with Crippen LogP contribution in [-0.2, 0) is 11.2 Å². The van der Waals surface area contributed by atoms with Gasteiger partial charge in [-0.15, -0.1) is 0 Å². The molecule has 0 spiro atoms. The van der Waals surface area contributed by atoms with E-state index in [1.165, 1.54) is 30.3 Å². The Morgan fingerprint density at radius 3 is 2.58 bits per heavy atom. The molecule has 4 rings (SSSR count). The van der Waals surface area contributed by atoms with Gasteiger partial charge in [-0.25, -0.2) is 13.6 Å². The van der Waals surface area contributed by atoms with Crippen molar-refractivity contribution in [3.8, 4) is 0 Å². The molecule has 2 aromatic carbocycles. The van der Waals surface area contributed by atoms with Crippen molar-refractivity contribution in [3.05, 3.63) is 69.4 Å². The van der Waals surface area contributed by atoms with Gasteiger partial charge in [0.25, 0.3) is 0 Å². The van der Waals surface area contributed by atoms with Gasteiger partial charge in [-0.2, -0.15) is 0 Å². The summed E-state index contributed by atoms with van der Waals surface area (Å²) in [5.74, 6) is -2.15. The number of aromatic carboxylic acids is 1. The molecule has 1 atom stereocenters. The molecule has 7 nitrogen and oxygen atoms in total. The Morgan fingerprint density at radius 2 is 1.91 bits per heavy atom. The second kappa shape index (κ2) is 9.19. The third kappa shape index (κ3) is 4.98. The zero-order valence-electron chi connectivity index (χ0n) is 18.3. The lowest BCUT2D eigenvalue weighted by Crippen LogP contribution is -2.41.